The van der Waals surface area contributed by atoms with E-state index in [1.807, 2.05) is 6.92 Å². The molecule has 0 saturated carbocycles. The van der Waals surface area contributed by atoms with E-state index in [1.165, 1.54) is 13.2 Å². The number of benzene rings is 2. The number of nitrogens with two attached hydrogens (primary N) is 1. The Labute approximate surface area is 132 Å². The zero-order valence-corrected chi connectivity index (χ0v) is 12.9. The fourth-order valence-electron chi connectivity index (χ4n) is 2.34. The van der Waals surface area contributed by atoms with E-state index in [9.17, 15) is 13.2 Å². The molecular formula is C17H18F3NO2. The average molecular weight is 325 g/mol. The Morgan fingerprint density at radius 1 is 1.09 bits per heavy atom. The van der Waals surface area contributed by atoms with Gasteiger partial charge in [-0.25, -0.2) is 0 Å². The molecule has 0 heterocycles. The fraction of sp³-hybridized carbons (Fsp3) is 0.294. The lowest BCUT2D eigenvalue weighted by molar-refractivity contribution is -0.137. The third kappa shape index (κ3) is 3.88. The largest absolute Gasteiger partial charge is 0.493 e. The summed E-state index contributed by atoms with van der Waals surface area (Å²) < 4.78 is 49.4. The van der Waals surface area contributed by atoms with Gasteiger partial charge >= 0.3 is 6.18 Å². The van der Waals surface area contributed by atoms with Gasteiger partial charge in [-0.1, -0.05) is 12.1 Å². The molecule has 0 saturated heterocycles. The van der Waals surface area contributed by atoms with Crippen LogP contribution in [0.3, 0.4) is 0 Å². The molecule has 0 atom stereocenters. The zero-order valence-electron chi connectivity index (χ0n) is 12.9. The van der Waals surface area contributed by atoms with Crippen molar-refractivity contribution in [3.05, 3.63) is 53.1 Å². The molecule has 6 heteroatoms. The molecule has 2 aromatic rings. The molecule has 2 aromatic carbocycles. The first-order chi connectivity index (χ1) is 10.9. The second-order valence-electron chi connectivity index (χ2n) is 4.97. The SMILES string of the molecule is CCOc1cccc(Cc2cc(C(F)(F)F)ccc2N)c1OC. The van der Waals surface area contributed by atoms with Crippen LogP contribution in [0.15, 0.2) is 36.4 Å². The van der Waals surface area contributed by atoms with Crippen LogP contribution in [0.2, 0.25) is 0 Å². The molecule has 0 bridgehead atoms. The van der Waals surface area contributed by atoms with Crippen LogP contribution in [0.4, 0.5) is 18.9 Å². The Morgan fingerprint density at radius 2 is 1.83 bits per heavy atom. The predicted molar refractivity (Wildman–Crippen MR) is 82.8 cm³/mol. The van der Waals surface area contributed by atoms with Gasteiger partial charge in [0.1, 0.15) is 0 Å². The van der Waals surface area contributed by atoms with Gasteiger partial charge in [0.25, 0.3) is 0 Å². The molecule has 3 nitrogen and oxygen atoms in total. The van der Waals surface area contributed by atoms with Gasteiger partial charge in [-0.3, -0.25) is 0 Å². The minimum atomic E-state index is -4.40. The Morgan fingerprint density at radius 3 is 2.43 bits per heavy atom. The lowest BCUT2D eigenvalue weighted by Gasteiger charge is -2.15. The highest BCUT2D eigenvalue weighted by atomic mass is 19.4. The minimum absolute atomic E-state index is 0.222. The summed E-state index contributed by atoms with van der Waals surface area (Å²) in [5.41, 5.74) is 6.52. The van der Waals surface area contributed by atoms with Gasteiger partial charge in [0.2, 0.25) is 0 Å². The first-order valence-corrected chi connectivity index (χ1v) is 7.11. The number of alkyl halides is 3. The van der Waals surface area contributed by atoms with E-state index in [0.29, 0.717) is 34.9 Å². The Kier molecular flexibility index (Phi) is 5.03. The van der Waals surface area contributed by atoms with Crippen molar-refractivity contribution in [1.29, 1.82) is 0 Å². The fourth-order valence-corrected chi connectivity index (χ4v) is 2.34. The Bertz CT molecular complexity index is 684. The van der Waals surface area contributed by atoms with E-state index in [0.717, 1.165) is 12.1 Å². The van der Waals surface area contributed by atoms with Crippen LogP contribution < -0.4 is 15.2 Å². The molecule has 0 fully saturated rings. The highest BCUT2D eigenvalue weighted by Crippen LogP contribution is 2.35. The lowest BCUT2D eigenvalue weighted by Crippen LogP contribution is -2.07. The number of methoxy groups -OCH3 is 1. The number of halogens is 3. The highest BCUT2D eigenvalue weighted by Gasteiger charge is 2.30. The summed E-state index contributed by atoms with van der Waals surface area (Å²) in [7, 11) is 1.50. The van der Waals surface area contributed by atoms with Crippen LogP contribution in [0.1, 0.15) is 23.6 Å². The maximum Gasteiger partial charge on any atom is 0.416 e. The molecule has 124 valence electrons. The minimum Gasteiger partial charge on any atom is -0.493 e. The number of para-hydroxylation sites is 1. The van der Waals surface area contributed by atoms with Crippen LogP contribution in [-0.4, -0.2) is 13.7 Å². The van der Waals surface area contributed by atoms with Crippen molar-refractivity contribution in [2.45, 2.75) is 19.5 Å². The molecular weight excluding hydrogens is 307 g/mol. The normalized spacial score (nSPS) is 11.3. The van der Waals surface area contributed by atoms with Gasteiger partial charge in [-0.15, -0.1) is 0 Å². The van der Waals surface area contributed by atoms with Crippen LogP contribution in [0.5, 0.6) is 11.5 Å². The second kappa shape index (κ2) is 6.81. The van der Waals surface area contributed by atoms with Gasteiger partial charge in [0, 0.05) is 17.7 Å². The third-order valence-corrected chi connectivity index (χ3v) is 3.42. The lowest BCUT2D eigenvalue weighted by atomic mass is 10.00. The number of hydrogen-bond donors (Lipinski definition) is 1. The quantitative estimate of drug-likeness (QED) is 0.834. The van der Waals surface area contributed by atoms with E-state index in [-0.39, 0.29) is 6.42 Å². The van der Waals surface area contributed by atoms with Gasteiger partial charge in [0.05, 0.1) is 19.3 Å². The highest BCUT2D eigenvalue weighted by molar-refractivity contribution is 5.55. The van der Waals surface area contributed by atoms with E-state index < -0.39 is 11.7 Å². The molecule has 23 heavy (non-hydrogen) atoms. The first kappa shape index (κ1) is 17.0. The monoisotopic (exact) mass is 325 g/mol. The standard InChI is InChI=1S/C17H18F3NO2/c1-3-23-15-6-4-5-11(16(15)22-2)9-12-10-13(17(18,19)20)7-8-14(12)21/h4-8,10H,3,9,21H2,1-2H3. The third-order valence-electron chi connectivity index (χ3n) is 3.42. The summed E-state index contributed by atoms with van der Waals surface area (Å²) in [4.78, 5) is 0. The number of ether oxygens (including phenoxy) is 2. The summed E-state index contributed by atoms with van der Waals surface area (Å²) in [6.07, 6.45) is -4.18. The van der Waals surface area contributed by atoms with Crippen LogP contribution in [0.25, 0.3) is 0 Å². The van der Waals surface area contributed by atoms with Gasteiger partial charge < -0.3 is 15.2 Å². The van der Waals surface area contributed by atoms with Crippen molar-refractivity contribution < 1.29 is 22.6 Å². The molecule has 0 unspecified atom stereocenters. The number of anilines is 1. The van der Waals surface area contributed by atoms with Crippen molar-refractivity contribution in [2.75, 3.05) is 19.5 Å². The molecule has 2 N–H and O–H groups in total. The van der Waals surface area contributed by atoms with Gasteiger partial charge in [-0.05, 0) is 36.8 Å². The summed E-state index contributed by atoms with van der Waals surface area (Å²) in [5.74, 6) is 1.06. The molecule has 0 aliphatic rings. The van der Waals surface area contributed by atoms with Crippen LogP contribution in [0, 0.1) is 0 Å². The molecule has 0 aromatic heterocycles. The maximum atomic E-state index is 12.9. The molecule has 0 radical (unpaired) electrons. The Balaban J connectivity index is 2.41. The molecule has 0 aliphatic heterocycles. The smallest absolute Gasteiger partial charge is 0.416 e. The number of hydrogen-bond acceptors (Lipinski definition) is 3. The molecule has 0 spiro atoms. The van der Waals surface area contributed by atoms with Gasteiger partial charge in [0.15, 0.2) is 11.5 Å². The van der Waals surface area contributed by atoms with Crippen molar-refractivity contribution >= 4 is 5.69 Å². The first-order valence-electron chi connectivity index (χ1n) is 7.11. The van der Waals surface area contributed by atoms with Crippen molar-refractivity contribution in [1.82, 2.24) is 0 Å². The average Bonchev–Trinajstić information content (AvgIpc) is 2.49. The molecule has 0 amide bonds. The van der Waals surface area contributed by atoms with Crippen LogP contribution >= 0.6 is 0 Å². The summed E-state index contributed by atoms with van der Waals surface area (Å²) in [6.45, 7) is 2.31. The van der Waals surface area contributed by atoms with E-state index in [4.69, 9.17) is 15.2 Å². The number of rotatable bonds is 5. The van der Waals surface area contributed by atoms with E-state index in [1.54, 1.807) is 18.2 Å². The molecule has 2 rings (SSSR count). The predicted octanol–water partition coefficient (Wildman–Crippen LogP) is 4.29. The van der Waals surface area contributed by atoms with Crippen molar-refractivity contribution in [3.8, 4) is 11.5 Å². The van der Waals surface area contributed by atoms with Crippen molar-refractivity contribution in [2.24, 2.45) is 0 Å². The van der Waals surface area contributed by atoms with Gasteiger partial charge in [-0.2, -0.15) is 13.2 Å². The zero-order chi connectivity index (χ0) is 17.0. The molecule has 0 aliphatic carbocycles. The summed E-state index contributed by atoms with van der Waals surface area (Å²) in [5, 5.41) is 0. The van der Waals surface area contributed by atoms with E-state index in [2.05, 4.69) is 0 Å². The summed E-state index contributed by atoms with van der Waals surface area (Å²) in [6, 6.07) is 8.63. The maximum absolute atomic E-state index is 12.9. The van der Waals surface area contributed by atoms with Crippen molar-refractivity contribution in [3.63, 3.8) is 0 Å². The summed E-state index contributed by atoms with van der Waals surface area (Å²) >= 11 is 0. The topological polar surface area (TPSA) is 44.5 Å². The Hall–Kier alpha value is -2.37. The number of nitrogen functional groups attached to an aromatic ring is 1. The second-order valence-corrected chi connectivity index (χ2v) is 4.97. The van der Waals surface area contributed by atoms with E-state index >= 15 is 0 Å². The van der Waals surface area contributed by atoms with Crippen LogP contribution in [-0.2, 0) is 12.6 Å².